The van der Waals surface area contributed by atoms with Gasteiger partial charge in [0.05, 0.1) is 31.5 Å². The second-order valence-electron chi connectivity index (χ2n) is 5.92. The van der Waals surface area contributed by atoms with E-state index in [1.54, 1.807) is 0 Å². The molecule has 1 aromatic carbocycles. The summed E-state index contributed by atoms with van der Waals surface area (Å²) < 4.78 is 40.2. The predicted octanol–water partition coefficient (Wildman–Crippen LogP) is 5.08. The topological polar surface area (TPSA) is 102 Å². The molecule has 0 aliphatic rings. The normalized spacial score (nSPS) is 12.7. The van der Waals surface area contributed by atoms with Crippen molar-refractivity contribution in [3.05, 3.63) is 56.2 Å². The minimum absolute atomic E-state index is 0.0122. The van der Waals surface area contributed by atoms with Gasteiger partial charge in [0.2, 0.25) is 5.91 Å². The number of nitro benzene ring substituents is 1. The van der Waals surface area contributed by atoms with Crippen molar-refractivity contribution >= 4 is 57.9 Å². The van der Waals surface area contributed by atoms with Gasteiger partial charge < -0.3 is 5.32 Å². The monoisotopic (exact) mass is 479 g/mol. The van der Waals surface area contributed by atoms with Crippen LogP contribution in [0.25, 0.3) is 5.65 Å². The Kier molecular flexibility index (Phi) is 6.11. The lowest BCUT2D eigenvalue weighted by atomic mass is 10.2. The van der Waals surface area contributed by atoms with E-state index in [4.69, 9.17) is 23.2 Å². The van der Waals surface area contributed by atoms with Gasteiger partial charge in [0.1, 0.15) is 0 Å². The van der Waals surface area contributed by atoms with E-state index in [0.29, 0.717) is 0 Å². The number of anilines is 1. The number of carbonyl (C=O) groups is 1. The smallest absolute Gasteiger partial charge is 0.324 e. The van der Waals surface area contributed by atoms with Gasteiger partial charge in [-0.15, -0.1) is 10.2 Å². The molecule has 0 fully saturated rings. The lowest BCUT2D eigenvalue weighted by Crippen LogP contribution is -2.23. The molecular weight excluding hydrogens is 470 g/mol. The number of nitrogens with one attached hydrogen (secondary N) is 1. The average Bonchev–Trinajstić information content (AvgIpc) is 3.05. The zero-order valence-electron chi connectivity index (χ0n) is 14.8. The first-order chi connectivity index (χ1) is 14.0. The van der Waals surface area contributed by atoms with Crippen molar-refractivity contribution in [2.75, 3.05) is 5.32 Å². The Morgan fingerprint density at radius 2 is 1.97 bits per heavy atom. The van der Waals surface area contributed by atoms with Gasteiger partial charge in [-0.05, 0) is 19.1 Å². The van der Waals surface area contributed by atoms with E-state index in [-0.39, 0.29) is 32.2 Å². The van der Waals surface area contributed by atoms with E-state index in [2.05, 4.69) is 15.5 Å². The largest absolute Gasteiger partial charge is 0.417 e. The molecule has 1 atom stereocenters. The molecule has 8 nitrogen and oxygen atoms in total. The highest BCUT2D eigenvalue weighted by Crippen LogP contribution is 2.34. The summed E-state index contributed by atoms with van der Waals surface area (Å²) in [6.07, 6.45) is -3.83. The first kappa shape index (κ1) is 22.1. The fourth-order valence-corrected chi connectivity index (χ4v) is 3.63. The number of alkyl halides is 3. The summed E-state index contributed by atoms with van der Waals surface area (Å²) >= 11 is 12.7. The number of carbonyl (C=O) groups excluding carboxylic acids is 1. The fraction of sp³-hybridized carbons (Fsp3) is 0.188. The van der Waals surface area contributed by atoms with Crippen LogP contribution >= 0.6 is 35.0 Å². The van der Waals surface area contributed by atoms with Crippen LogP contribution in [0.15, 0.2) is 35.6 Å². The molecule has 3 rings (SSSR count). The lowest BCUT2D eigenvalue weighted by molar-refractivity contribution is -0.384. The van der Waals surface area contributed by atoms with Crippen molar-refractivity contribution in [2.24, 2.45) is 0 Å². The van der Waals surface area contributed by atoms with Crippen LogP contribution in [0.3, 0.4) is 0 Å². The maximum absolute atomic E-state index is 13.0. The molecule has 0 saturated carbocycles. The summed E-state index contributed by atoms with van der Waals surface area (Å²) in [6, 6.07) is 4.28. The number of non-ortho nitro benzene ring substituents is 1. The molecule has 0 saturated heterocycles. The summed E-state index contributed by atoms with van der Waals surface area (Å²) in [4.78, 5) is 22.6. The zero-order valence-corrected chi connectivity index (χ0v) is 17.1. The van der Waals surface area contributed by atoms with Gasteiger partial charge in [0, 0.05) is 18.3 Å². The summed E-state index contributed by atoms with van der Waals surface area (Å²) in [5.74, 6) is -0.550. The van der Waals surface area contributed by atoms with Crippen LogP contribution in [0.5, 0.6) is 0 Å². The summed E-state index contributed by atoms with van der Waals surface area (Å²) in [5, 5.41) is 19.7. The number of rotatable bonds is 5. The van der Waals surface area contributed by atoms with Gasteiger partial charge in [0.15, 0.2) is 10.8 Å². The van der Waals surface area contributed by atoms with E-state index in [1.807, 2.05) is 0 Å². The highest BCUT2D eigenvalue weighted by Gasteiger charge is 2.32. The van der Waals surface area contributed by atoms with Crippen LogP contribution in [0.4, 0.5) is 24.5 Å². The number of amides is 1. The van der Waals surface area contributed by atoms with Crippen LogP contribution in [-0.2, 0) is 11.0 Å². The number of hydrogen-bond donors (Lipinski definition) is 1. The molecule has 0 radical (unpaired) electrons. The number of halogens is 5. The molecule has 2 aromatic heterocycles. The van der Waals surface area contributed by atoms with Crippen LogP contribution in [0, 0.1) is 10.1 Å². The van der Waals surface area contributed by atoms with Crippen molar-refractivity contribution in [1.82, 2.24) is 14.6 Å². The van der Waals surface area contributed by atoms with Crippen LogP contribution < -0.4 is 5.32 Å². The molecule has 0 bridgehead atoms. The van der Waals surface area contributed by atoms with Crippen molar-refractivity contribution in [3.8, 4) is 0 Å². The minimum atomic E-state index is -4.63. The molecule has 0 spiro atoms. The number of thioether (sulfide) groups is 1. The molecule has 158 valence electrons. The Morgan fingerprint density at radius 1 is 1.27 bits per heavy atom. The lowest BCUT2D eigenvalue weighted by Gasteiger charge is -2.13. The Balaban J connectivity index is 1.81. The van der Waals surface area contributed by atoms with Crippen molar-refractivity contribution < 1.29 is 22.9 Å². The predicted molar refractivity (Wildman–Crippen MR) is 105 cm³/mol. The van der Waals surface area contributed by atoms with Gasteiger partial charge in [-0.3, -0.25) is 19.3 Å². The van der Waals surface area contributed by atoms with Crippen LogP contribution in [0.1, 0.15) is 12.5 Å². The van der Waals surface area contributed by atoms with Gasteiger partial charge in [0.25, 0.3) is 5.69 Å². The Labute approximate surface area is 180 Å². The summed E-state index contributed by atoms with van der Waals surface area (Å²) in [7, 11) is 0. The number of hydrogen-bond acceptors (Lipinski definition) is 6. The number of aromatic nitrogens is 3. The second kappa shape index (κ2) is 8.28. The molecule has 14 heteroatoms. The van der Waals surface area contributed by atoms with Crippen molar-refractivity contribution in [2.45, 2.75) is 23.5 Å². The Bertz CT molecular complexity index is 1160. The number of pyridine rings is 1. The highest BCUT2D eigenvalue weighted by atomic mass is 35.5. The van der Waals surface area contributed by atoms with E-state index in [1.165, 1.54) is 19.1 Å². The second-order valence-corrected chi connectivity index (χ2v) is 8.04. The molecule has 2 heterocycles. The highest BCUT2D eigenvalue weighted by molar-refractivity contribution is 8.00. The summed E-state index contributed by atoms with van der Waals surface area (Å²) in [5.41, 5.74) is -1.07. The van der Waals surface area contributed by atoms with E-state index in [9.17, 15) is 28.1 Å². The first-order valence-corrected chi connectivity index (χ1v) is 9.64. The third-order valence-corrected chi connectivity index (χ3v) is 5.48. The van der Waals surface area contributed by atoms with E-state index in [0.717, 1.165) is 34.5 Å². The van der Waals surface area contributed by atoms with Gasteiger partial charge in [-0.1, -0.05) is 35.0 Å². The Morgan fingerprint density at radius 3 is 2.57 bits per heavy atom. The molecule has 1 unspecified atom stereocenters. The van der Waals surface area contributed by atoms with E-state index >= 15 is 0 Å². The molecule has 0 aliphatic carbocycles. The molecule has 1 N–H and O–H groups in total. The van der Waals surface area contributed by atoms with Gasteiger partial charge in [-0.25, -0.2) is 0 Å². The quantitative estimate of drug-likeness (QED) is 0.310. The van der Waals surface area contributed by atoms with Crippen LogP contribution in [0.2, 0.25) is 10.0 Å². The van der Waals surface area contributed by atoms with Crippen LogP contribution in [-0.4, -0.2) is 30.7 Å². The summed E-state index contributed by atoms with van der Waals surface area (Å²) in [6.45, 7) is 1.50. The van der Waals surface area contributed by atoms with Gasteiger partial charge in [-0.2, -0.15) is 13.2 Å². The standard InChI is InChI=1S/C16H10Cl2F3N5O3S/c1-7(14(27)22-12-3-2-9(26(28)29)5-10(12)17)30-15-24-23-13-11(18)4-8(6-25(13)15)16(19,20)21/h2-7H,1H3,(H,22,27). The molecular formula is C16H10Cl2F3N5O3S. The number of benzene rings is 1. The number of nitrogens with zero attached hydrogens (tertiary/aromatic N) is 4. The zero-order chi connectivity index (χ0) is 22.2. The number of fused-ring (bicyclic) bond motifs is 1. The third-order valence-electron chi connectivity index (χ3n) is 3.83. The average molecular weight is 480 g/mol. The van der Waals surface area contributed by atoms with Gasteiger partial charge >= 0.3 is 6.18 Å². The molecule has 0 aliphatic heterocycles. The molecule has 3 aromatic rings. The molecule has 1 amide bonds. The van der Waals surface area contributed by atoms with Crippen molar-refractivity contribution in [1.29, 1.82) is 0 Å². The maximum atomic E-state index is 13.0. The van der Waals surface area contributed by atoms with E-state index < -0.39 is 27.8 Å². The maximum Gasteiger partial charge on any atom is 0.417 e. The van der Waals surface area contributed by atoms with Crippen molar-refractivity contribution in [3.63, 3.8) is 0 Å². The SMILES string of the molecule is CC(Sc1nnc2c(Cl)cc(C(F)(F)F)cn12)C(=O)Nc1ccc([N+](=O)[O-])cc1Cl. The molecule has 30 heavy (non-hydrogen) atoms. The number of nitro groups is 1. The minimum Gasteiger partial charge on any atom is -0.324 e. The first-order valence-electron chi connectivity index (χ1n) is 8.00. The third kappa shape index (κ3) is 4.60. The fourth-order valence-electron chi connectivity index (χ4n) is 2.33. The Hall–Kier alpha value is -2.57.